The largest absolute Gasteiger partial charge is 0.338 e. The van der Waals surface area contributed by atoms with Crippen molar-refractivity contribution >= 4 is 17.3 Å². The van der Waals surface area contributed by atoms with E-state index in [1.165, 1.54) is 0 Å². The summed E-state index contributed by atoms with van der Waals surface area (Å²) in [6, 6.07) is 0. The lowest BCUT2D eigenvalue weighted by Gasteiger charge is -2.16. The smallest absolute Gasteiger partial charge is 0.245 e. The van der Waals surface area contributed by atoms with Gasteiger partial charge in [0.1, 0.15) is 0 Å². The molecule has 0 radical (unpaired) electrons. The Balaban J connectivity index is 1.79. The highest BCUT2D eigenvalue weighted by atomic mass is 32.1. The average molecular weight is 250 g/mol. The molecule has 17 heavy (non-hydrogen) atoms. The summed E-state index contributed by atoms with van der Waals surface area (Å²) in [6.07, 6.45) is 2.93. The fourth-order valence-corrected chi connectivity index (χ4v) is 2.44. The zero-order valence-corrected chi connectivity index (χ0v) is 10.2. The number of anilines is 1. The Labute approximate surface area is 103 Å². The topological polar surface area (TPSA) is 69.7 Å². The Morgan fingerprint density at radius 3 is 3.18 bits per heavy atom. The Morgan fingerprint density at radius 2 is 2.29 bits per heavy atom. The van der Waals surface area contributed by atoms with Crippen molar-refractivity contribution in [1.29, 1.82) is 0 Å². The predicted octanol–water partition coefficient (Wildman–Crippen LogP) is 0.728. The molecule has 0 unspecified atom stereocenters. The van der Waals surface area contributed by atoms with Gasteiger partial charge < -0.3 is 10.2 Å². The van der Waals surface area contributed by atoms with Crippen LogP contribution in [0.2, 0.25) is 0 Å². The summed E-state index contributed by atoms with van der Waals surface area (Å²) in [6.45, 7) is 4.03. The second-order valence-corrected chi connectivity index (χ2v) is 4.83. The van der Waals surface area contributed by atoms with E-state index in [1.807, 2.05) is 0 Å². The van der Waals surface area contributed by atoms with Crippen molar-refractivity contribution in [3.8, 4) is 10.7 Å². The highest BCUT2D eigenvalue weighted by Crippen LogP contribution is 2.21. The monoisotopic (exact) mass is 250 g/mol. The molecule has 0 spiro atoms. The molecule has 0 amide bonds. The molecular formula is C10H14N6S. The molecule has 1 fully saturated rings. The van der Waals surface area contributed by atoms with Crippen LogP contribution in [0.3, 0.4) is 0 Å². The first-order valence-electron chi connectivity index (χ1n) is 5.70. The molecule has 0 bridgehead atoms. The summed E-state index contributed by atoms with van der Waals surface area (Å²) >= 11 is 1.56. The fraction of sp³-hybridized carbons (Fsp3) is 0.500. The highest BCUT2D eigenvalue weighted by molar-refractivity contribution is 7.13. The van der Waals surface area contributed by atoms with Gasteiger partial charge >= 0.3 is 0 Å². The fourth-order valence-electron chi connectivity index (χ4n) is 1.88. The SMILES string of the molecule is c1ncc(-c2nc(N3CCCNCC3)n[nH]2)s1. The van der Waals surface area contributed by atoms with Crippen LogP contribution in [0.25, 0.3) is 10.7 Å². The van der Waals surface area contributed by atoms with Crippen LogP contribution < -0.4 is 10.2 Å². The first-order chi connectivity index (χ1) is 8.43. The molecule has 6 nitrogen and oxygen atoms in total. The summed E-state index contributed by atoms with van der Waals surface area (Å²) in [7, 11) is 0. The third-order valence-electron chi connectivity index (χ3n) is 2.76. The lowest BCUT2D eigenvalue weighted by atomic mass is 10.4. The van der Waals surface area contributed by atoms with E-state index in [2.05, 4.69) is 30.4 Å². The standard InChI is InChI=1S/C10H14N6S/c1-2-11-3-5-16(4-1)10-13-9(14-15-10)8-6-12-7-17-8/h6-7,11H,1-5H2,(H,13,14,15). The number of nitrogens with zero attached hydrogens (tertiary/aromatic N) is 4. The van der Waals surface area contributed by atoms with Gasteiger partial charge in [-0.05, 0) is 13.0 Å². The van der Waals surface area contributed by atoms with Crippen molar-refractivity contribution < 1.29 is 0 Å². The summed E-state index contributed by atoms with van der Waals surface area (Å²) in [4.78, 5) is 11.8. The van der Waals surface area contributed by atoms with Crippen molar-refractivity contribution in [3.05, 3.63) is 11.7 Å². The third kappa shape index (κ3) is 2.29. The molecule has 0 aliphatic carbocycles. The third-order valence-corrected chi connectivity index (χ3v) is 3.54. The number of thiazole rings is 1. The number of nitrogens with one attached hydrogen (secondary N) is 2. The quantitative estimate of drug-likeness (QED) is 0.822. The van der Waals surface area contributed by atoms with Gasteiger partial charge in [0.05, 0.1) is 10.4 Å². The maximum absolute atomic E-state index is 4.52. The van der Waals surface area contributed by atoms with E-state index in [-0.39, 0.29) is 0 Å². The minimum atomic E-state index is 0.789. The van der Waals surface area contributed by atoms with Crippen LogP contribution in [0.15, 0.2) is 11.7 Å². The predicted molar refractivity (Wildman–Crippen MR) is 67.2 cm³/mol. The molecule has 3 heterocycles. The average Bonchev–Trinajstić information content (AvgIpc) is 2.95. The van der Waals surface area contributed by atoms with Crippen LogP contribution in [0.5, 0.6) is 0 Å². The zero-order valence-electron chi connectivity index (χ0n) is 9.39. The van der Waals surface area contributed by atoms with Crippen LogP contribution in [0, 0.1) is 0 Å². The molecule has 1 saturated heterocycles. The van der Waals surface area contributed by atoms with Gasteiger partial charge in [-0.3, -0.25) is 10.1 Å². The Bertz CT molecular complexity index is 457. The molecule has 0 saturated carbocycles. The molecule has 2 aromatic heterocycles. The normalized spacial score (nSPS) is 17.1. The van der Waals surface area contributed by atoms with E-state index in [9.17, 15) is 0 Å². The van der Waals surface area contributed by atoms with Gasteiger partial charge in [0.15, 0.2) is 5.82 Å². The summed E-state index contributed by atoms with van der Waals surface area (Å²) in [5, 5.41) is 10.6. The van der Waals surface area contributed by atoms with E-state index in [1.54, 1.807) is 23.0 Å². The summed E-state index contributed by atoms with van der Waals surface area (Å²) in [5.41, 5.74) is 1.80. The van der Waals surface area contributed by atoms with Crippen molar-refractivity contribution in [2.45, 2.75) is 6.42 Å². The Kier molecular flexibility index (Phi) is 3.02. The van der Waals surface area contributed by atoms with Gasteiger partial charge in [-0.1, -0.05) is 0 Å². The second kappa shape index (κ2) is 4.80. The second-order valence-electron chi connectivity index (χ2n) is 3.94. The van der Waals surface area contributed by atoms with Gasteiger partial charge in [-0.2, -0.15) is 4.98 Å². The molecule has 2 N–H and O–H groups in total. The molecule has 2 aromatic rings. The molecule has 90 valence electrons. The van der Waals surface area contributed by atoms with Gasteiger partial charge in [-0.25, -0.2) is 0 Å². The molecule has 0 aromatic carbocycles. The van der Waals surface area contributed by atoms with E-state index in [0.29, 0.717) is 0 Å². The lowest BCUT2D eigenvalue weighted by Crippen LogP contribution is -2.28. The maximum Gasteiger partial charge on any atom is 0.245 e. The van der Waals surface area contributed by atoms with Crippen LogP contribution >= 0.6 is 11.3 Å². The van der Waals surface area contributed by atoms with Crippen molar-refractivity contribution in [1.82, 2.24) is 25.5 Å². The van der Waals surface area contributed by atoms with Crippen molar-refractivity contribution in [2.24, 2.45) is 0 Å². The van der Waals surface area contributed by atoms with Crippen LogP contribution in [0.1, 0.15) is 6.42 Å². The number of hydrogen-bond donors (Lipinski definition) is 2. The van der Waals surface area contributed by atoms with Crippen molar-refractivity contribution in [2.75, 3.05) is 31.1 Å². The van der Waals surface area contributed by atoms with Crippen LogP contribution in [-0.4, -0.2) is 46.3 Å². The van der Waals surface area contributed by atoms with E-state index < -0.39 is 0 Å². The Hall–Kier alpha value is -1.47. The minimum Gasteiger partial charge on any atom is -0.338 e. The van der Waals surface area contributed by atoms with E-state index in [4.69, 9.17) is 0 Å². The number of H-pyrrole nitrogens is 1. The molecule has 1 aliphatic heterocycles. The summed E-state index contributed by atoms with van der Waals surface area (Å²) in [5.74, 6) is 1.59. The first-order valence-corrected chi connectivity index (χ1v) is 6.58. The van der Waals surface area contributed by atoms with Gasteiger partial charge in [0.25, 0.3) is 0 Å². The maximum atomic E-state index is 4.52. The number of hydrogen-bond acceptors (Lipinski definition) is 6. The minimum absolute atomic E-state index is 0.789. The van der Waals surface area contributed by atoms with Gasteiger partial charge in [-0.15, -0.1) is 16.4 Å². The molecule has 1 aliphatic rings. The van der Waals surface area contributed by atoms with Gasteiger partial charge in [0, 0.05) is 25.8 Å². The first kappa shape index (κ1) is 10.7. The van der Waals surface area contributed by atoms with Crippen LogP contribution in [0.4, 0.5) is 5.95 Å². The molecule has 7 heteroatoms. The lowest BCUT2D eigenvalue weighted by molar-refractivity contribution is 0.724. The molecular weight excluding hydrogens is 236 g/mol. The molecule has 0 atom stereocenters. The summed E-state index contributed by atoms with van der Waals surface area (Å²) < 4.78 is 0. The van der Waals surface area contributed by atoms with Gasteiger partial charge in [0.2, 0.25) is 5.95 Å². The highest BCUT2D eigenvalue weighted by Gasteiger charge is 2.15. The van der Waals surface area contributed by atoms with E-state index >= 15 is 0 Å². The number of rotatable bonds is 2. The zero-order chi connectivity index (χ0) is 11.5. The van der Waals surface area contributed by atoms with E-state index in [0.717, 1.165) is 49.2 Å². The number of aromatic nitrogens is 4. The van der Waals surface area contributed by atoms with Crippen molar-refractivity contribution in [3.63, 3.8) is 0 Å². The molecule has 3 rings (SSSR count). The Morgan fingerprint density at radius 1 is 1.29 bits per heavy atom. The van der Waals surface area contributed by atoms with Crippen LogP contribution in [-0.2, 0) is 0 Å². The number of aromatic amines is 1.